The monoisotopic (exact) mass is 485 g/mol. The lowest BCUT2D eigenvalue weighted by Crippen LogP contribution is -2.55. The van der Waals surface area contributed by atoms with Crippen molar-refractivity contribution in [1.29, 1.82) is 0 Å². The van der Waals surface area contributed by atoms with Gasteiger partial charge in [0.2, 0.25) is 11.8 Å². The van der Waals surface area contributed by atoms with Crippen LogP contribution in [0.5, 0.6) is 0 Å². The molecule has 0 fully saturated rings. The predicted molar refractivity (Wildman–Crippen MR) is 137 cm³/mol. The summed E-state index contributed by atoms with van der Waals surface area (Å²) in [5.41, 5.74) is 1.16. The van der Waals surface area contributed by atoms with Crippen molar-refractivity contribution in [2.24, 2.45) is 0 Å². The van der Waals surface area contributed by atoms with Crippen LogP contribution in [0, 0.1) is 0 Å². The van der Waals surface area contributed by atoms with E-state index < -0.39 is 29.7 Å². The maximum absolute atomic E-state index is 13.2. The molecule has 0 saturated heterocycles. The molecule has 0 saturated carbocycles. The SMILES string of the molecule is CSCC[C@H](NC(=O)[C@H](Cc1ccccc1)NC(=O)OC(C)(C)C)C(=O)NCc1ccccc1. The second-order valence-electron chi connectivity index (χ2n) is 8.93. The van der Waals surface area contributed by atoms with Gasteiger partial charge in [-0.2, -0.15) is 11.8 Å². The standard InChI is InChI=1S/C26H35N3O4S/c1-26(2,3)33-25(32)29-22(17-19-11-7-5-8-12-19)24(31)28-21(15-16-34-4)23(30)27-18-20-13-9-6-10-14-20/h5-14,21-22H,15-18H2,1-4H3,(H,27,30)(H,28,31)(H,29,32)/t21-,22-/m0/s1. The van der Waals surface area contributed by atoms with Crippen molar-refractivity contribution in [2.45, 2.75) is 57.8 Å². The summed E-state index contributed by atoms with van der Waals surface area (Å²) in [4.78, 5) is 38.6. The van der Waals surface area contributed by atoms with E-state index in [1.807, 2.05) is 66.9 Å². The number of benzene rings is 2. The van der Waals surface area contributed by atoms with E-state index in [0.717, 1.165) is 11.1 Å². The van der Waals surface area contributed by atoms with Crippen molar-refractivity contribution in [1.82, 2.24) is 16.0 Å². The highest BCUT2D eigenvalue weighted by Gasteiger charge is 2.28. The van der Waals surface area contributed by atoms with Crippen molar-refractivity contribution in [2.75, 3.05) is 12.0 Å². The van der Waals surface area contributed by atoms with Gasteiger partial charge in [0.1, 0.15) is 17.7 Å². The summed E-state index contributed by atoms with van der Waals surface area (Å²) in [5, 5.41) is 8.41. The Kier molecular flexibility index (Phi) is 10.9. The fourth-order valence-electron chi connectivity index (χ4n) is 3.19. The Morgan fingerprint density at radius 1 is 0.853 bits per heavy atom. The molecule has 0 aliphatic carbocycles. The summed E-state index contributed by atoms with van der Waals surface area (Å²) >= 11 is 1.60. The number of amides is 3. The van der Waals surface area contributed by atoms with E-state index >= 15 is 0 Å². The molecule has 2 atom stereocenters. The highest BCUT2D eigenvalue weighted by Crippen LogP contribution is 2.10. The number of alkyl carbamates (subject to hydrolysis) is 1. The van der Waals surface area contributed by atoms with Gasteiger partial charge in [0, 0.05) is 13.0 Å². The zero-order valence-electron chi connectivity index (χ0n) is 20.3. The third-order valence-corrected chi connectivity index (χ3v) is 5.49. The van der Waals surface area contributed by atoms with Crippen LogP contribution in [-0.2, 0) is 27.3 Å². The van der Waals surface area contributed by atoms with Gasteiger partial charge in [-0.1, -0.05) is 60.7 Å². The maximum atomic E-state index is 13.2. The van der Waals surface area contributed by atoms with Crippen LogP contribution in [0.3, 0.4) is 0 Å². The number of thioether (sulfide) groups is 1. The number of rotatable bonds is 11. The van der Waals surface area contributed by atoms with Crippen LogP contribution >= 0.6 is 11.8 Å². The fraction of sp³-hybridized carbons (Fsp3) is 0.423. The van der Waals surface area contributed by atoms with Crippen molar-refractivity contribution < 1.29 is 19.1 Å². The Morgan fingerprint density at radius 3 is 2.00 bits per heavy atom. The van der Waals surface area contributed by atoms with Crippen molar-refractivity contribution in [3.63, 3.8) is 0 Å². The third kappa shape index (κ3) is 10.3. The van der Waals surface area contributed by atoms with E-state index in [9.17, 15) is 14.4 Å². The molecule has 3 N–H and O–H groups in total. The zero-order chi connectivity index (χ0) is 25.0. The van der Waals surface area contributed by atoms with E-state index in [2.05, 4.69) is 16.0 Å². The molecular formula is C26H35N3O4S. The molecule has 2 aromatic carbocycles. The Bertz CT molecular complexity index is 917. The van der Waals surface area contributed by atoms with Crippen LogP contribution in [0.25, 0.3) is 0 Å². The molecule has 184 valence electrons. The van der Waals surface area contributed by atoms with Crippen LogP contribution in [0.1, 0.15) is 38.3 Å². The van der Waals surface area contributed by atoms with E-state index in [1.165, 1.54) is 0 Å². The van der Waals surface area contributed by atoms with E-state index in [0.29, 0.717) is 18.7 Å². The number of nitrogens with one attached hydrogen (secondary N) is 3. The molecule has 2 aromatic rings. The minimum atomic E-state index is -0.893. The van der Waals surface area contributed by atoms with Crippen molar-refractivity contribution in [3.8, 4) is 0 Å². The highest BCUT2D eigenvalue weighted by molar-refractivity contribution is 7.98. The molecule has 7 nitrogen and oxygen atoms in total. The molecular weight excluding hydrogens is 450 g/mol. The molecule has 0 aliphatic rings. The number of ether oxygens (including phenoxy) is 1. The van der Waals surface area contributed by atoms with E-state index in [4.69, 9.17) is 4.74 Å². The maximum Gasteiger partial charge on any atom is 0.408 e. The Morgan fingerprint density at radius 2 is 1.44 bits per heavy atom. The van der Waals surface area contributed by atoms with Crippen molar-refractivity contribution in [3.05, 3.63) is 71.8 Å². The first kappa shape index (κ1) is 27.2. The summed E-state index contributed by atoms with van der Waals surface area (Å²) in [5.74, 6) is 0.00433. The van der Waals surface area contributed by atoms with Gasteiger partial charge in [-0.05, 0) is 50.3 Å². The van der Waals surface area contributed by atoms with Crippen molar-refractivity contribution >= 4 is 29.7 Å². The molecule has 34 heavy (non-hydrogen) atoms. The van der Waals surface area contributed by atoms with Gasteiger partial charge < -0.3 is 20.7 Å². The Balaban J connectivity index is 2.11. The normalized spacial score (nSPS) is 12.8. The van der Waals surface area contributed by atoms with E-state index in [-0.39, 0.29) is 12.3 Å². The summed E-state index contributed by atoms with van der Waals surface area (Å²) < 4.78 is 5.35. The number of carbonyl (C=O) groups excluding carboxylic acids is 3. The summed E-state index contributed by atoms with van der Waals surface area (Å²) in [6.07, 6.45) is 2.01. The van der Waals surface area contributed by atoms with Gasteiger partial charge in [-0.3, -0.25) is 9.59 Å². The molecule has 8 heteroatoms. The second-order valence-corrected chi connectivity index (χ2v) is 9.92. The predicted octanol–water partition coefficient (Wildman–Crippen LogP) is 3.68. The van der Waals surface area contributed by atoms with Gasteiger partial charge in [0.15, 0.2) is 0 Å². The lowest BCUT2D eigenvalue weighted by Gasteiger charge is -2.25. The smallest absolute Gasteiger partial charge is 0.408 e. The quantitative estimate of drug-likeness (QED) is 0.451. The first-order valence-electron chi connectivity index (χ1n) is 11.3. The molecule has 0 bridgehead atoms. The minimum Gasteiger partial charge on any atom is -0.444 e. The average Bonchev–Trinajstić information content (AvgIpc) is 2.79. The molecule has 0 aromatic heterocycles. The molecule has 0 aliphatic heterocycles. The largest absolute Gasteiger partial charge is 0.444 e. The van der Waals surface area contributed by atoms with Gasteiger partial charge in [0.05, 0.1) is 0 Å². The van der Waals surface area contributed by atoms with Crippen LogP contribution < -0.4 is 16.0 Å². The minimum absolute atomic E-state index is 0.262. The Hall–Kier alpha value is -3.00. The molecule has 0 unspecified atom stereocenters. The Labute approximate surface area is 206 Å². The molecule has 0 heterocycles. The molecule has 3 amide bonds. The fourth-order valence-corrected chi connectivity index (χ4v) is 3.67. The molecule has 2 rings (SSSR count). The average molecular weight is 486 g/mol. The van der Waals surface area contributed by atoms with Crippen LogP contribution in [-0.4, -0.2) is 47.6 Å². The third-order valence-electron chi connectivity index (χ3n) is 4.84. The number of hydrogen-bond acceptors (Lipinski definition) is 5. The molecule has 0 spiro atoms. The van der Waals surface area contributed by atoms with E-state index in [1.54, 1.807) is 32.5 Å². The highest BCUT2D eigenvalue weighted by atomic mass is 32.2. The van der Waals surface area contributed by atoms with Gasteiger partial charge in [-0.15, -0.1) is 0 Å². The number of carbonyl (C=O) groups is 3. The molecule has 0 radical (unpaired) electrons. The summed E-state index contributed by atoms with van der Waals surface area (Å²) in [6.45, 7) is 5.64. The second kappa shape index (κ2) is 13.6. The zero-order valence-corrected chi connectivity index (χ0v) is 21.1. The van der Waals surface area contributed by atoms with Gasteiger partial charge in [-0.25, -0.2) is 4.79 Å². The summed E-state index contributed by atoms with van der Waals surface area (Å²) in [6, 6.07) is 17.4. The van der Waals surface area contributed by atoms with Crippen LogP contribution in [0.15, 0.2) is 60.7 Å². The lowest BCUT2D eigenvalue weighted by atomic mass is 10.0. The topological polar surface area (TPSA) is 96.5 Å². The lowest BCUT2D eigenvalue weighted by molar-refractivity contribution is -0.130. The van der Waals surface area contributed by atoms with Crippen LogP contribution in [0.2, 0.25) is 0 Å². The van der Waals surface area contributed by atoms with Crippen LogP contribution in [0.4, 0.5) is 4.79 Å². The number of hydrogen-bond donors (Lipinski definition) is 3. The first-order chi connectivity index (χ1) is 16.2. The summed E-state index contributed by atoms with van der Waals surface area (Å²) in [7, 11) is 0. The van der Waals surface area contributed by atoms with Gasteiger partial charge >= 0.3 is 6.09 Å². The van der Waals surface area contributed by atoms with Gasteiger partial charge in [0.25, 0.3) is 0 Å². The first-order valence-corrected chi connectivity index (χ1v) is 12.7.